The average molecular weight is 384 g/mol. The Labute approximate surface area is 151 Å². The number of hydrogen-bond donors (Lipinski definition) is 0. The predicted octanol–water partition coefficient (Wildman–Crippen LogP) is 4.01. The van der Waals surface area contributed by atoms with Gasteiger partial charge in [-0.2, -0.15) is 0 Å². The van der Waals surface area contributed by atoms with Crippen LogP contribution in [0.4, 0.5) is 0 Å². The van der Waals surface area contributed by atoms with Crippen LogP contribution in [0.1, 0.15) is 16.1 Å². The zero-order valence-corrected chi connectivity index (χ0v) is 14.3. The van der Waals surface area contributed by atoms with Gasteiger partial charge in [0.15, 0.2) is 0 Å². The Bertz CT molecular complexity index is 1000. The highest BCUT2D eigenvalue weighted by Gasteiger charge is 2.13. The van der Waals surface area contributed by atoms with Crippen molar-refractivity contribution in [1.82, 2.24) is 9.38 Å². The van der Waals surface area contributed by atoms with Crippen molar-refractivity contribution < 1.29 is 9.53 Å². The molecule has 122 valence electrons. The number of benzene rings is 1. The maximum absolute atomic E-state index is 12.1. The summed E-state index contributed by atoms with van der Waals surface area (Å²) < 4.78 is 6.47. The summed E-state index contributed by atoms with van der Waals surface area (Å²) in [4.78, 5) is 28.4. The zero-order chi connectivity index (χ0) is 17.3. The Hall–Kier alpha value is -2.08. The van der Waals surface area contributed by atoms with Gasteiger partial charge in [0, 0.05) is 17.3 Å². The van der Waals surface area contributed by atoms with Gasteiger partial charge in [0.05, 0.1) is 21.3 Å². The highest BCUT2D eigenvalue weighted by Crippen LogP contribution is 2.22. The molecule has 0 spiro atoms. The normalized spacial score (nSPS) is 10.8. The molecule has 0 saturated heterocycles. The smallest absolute Gasteiger partial charge is 0.340 e. The van der Waals surface area contributed by atoms with E-state index in [-0.39, 0.29) is 22.8 Å². The van der Waals surface area contributed by atoms with E-state index >= 15 is 0 Å². The van der Waals surface area contributed by atoms with Crippen LogP contribution in [0.15, 0.2) is 47.4 Å². The van der Waals surface area contributed by atoms with Crippen molar-refractivity contribution in [1.29, 1.82) is 0 Å². The summed E-state index contributed by atoms with van der Waals surface area (Å²) in [5.74, 6) is -0.630. The predicted molar refractivity (Wildman–Crippen MR) is 92.1 cm³/mol. The monoisotopic (exact) mass is 382 g/mol. The number of rotatable bonds is 3. The standard InChI is InChI=1S/C16H9Cl3N2O3/c17-9-1-3-12(13(19)5-9)16(23)24-8-11-6-15(22)21-7-10(18)2-4-14(21)20-11/h1-7H,8H2. The number of nitrogens with zero attached hydrogens (tertiary/aromatic N) is 2. The van der Waals surface area contributed by atoms with E-state index < -0.39 is 5.97 Å². The van der Waals surface area contributed by atoms with Gasteiger partial charge in [0.2, 0.25) is 0 Å². The zero-order valence-electron chi connectivity index (χ0n) is 12.0. The number of carbonyl (C=O) groups is 1. The molecule has 3 rings (SSSR count). The van der Waals surface area contributed by atoms with E-state index in [1.54, 1.807) is 12.1 Å². The fourth-order valence-corrected chi connectivity index (χ4v) is 2.72. The first-order valence-corrected chi connectivity index (χ1v) is 7.87. The third-order valence-corrected chi connectivity index (χ3v) is 3.95. The molecule has 0 saturated carbocycles. The lowest BCUT2D eigenvalue weighted by Gasteiger charge is -2.07. The molecular formula is C16H9Cl3N2O3. The summed E-state index contributed by atoms with van der Waals surface area (Å²) in [5, 5.41) is 1.02. The Balaban J connectivity index is 1.81. The SMILES string of the molecule is O=C(OCc1cc(=O)n2cc(Cl)ccc2n1)c1ccc(Cl)cc1Cl. The molecule has 2 aromatic heterocycles. The molecule has 0 aliphatic rings. The fourth-order valence-electron chi connectivity index (χ4n) is 2.07. The fraction of sp³-hybridized carbons (Fsp3) is 0.0625. The Morgan fingerprint density at radius 3 is 2.58 bits per heavy atom. The molecule has 0 atom stereocenters. The van der Waals surface area contributed by atoms with Gasteiger partial charge in [-0.15, -0.1) is 0 Å². The van der Waals surface area contributed by atoms with Crippen molar-refractivity contribution in [2.45, 2.75) is 6.61 Å². The molecule has 0 fully saturated rings. The van der Waals surface area contributed by atoms with Crippen LogP contribution in [0.5, 0.6) is 0 Å². The third kappa shape index (κ3) is 3.53. The summed E-state index contributed by atoms with van der Waals surface area (Å²) in [6.45, 7) is -0.161. The van der Waals surface area contributed by atoms with Crippen molar-refractivity contribution >= 4 is 46.4 Å². The summed E-state index contributed by atoms with van der Waals surface area (Å²) in [5.41, 5.74) is 0.590. The quantitative estimate of drug-likeness (QED) is 0.641. The largest absolute Gasteiger partial charge is 0.456 e. The second-order valence-corrected chi connectivity index (χ2v) is 6.14. The lowest BCUT2D eigenvalue weighted by atomic mass is 10.2. The first kappa shape index (κ1) is 16.8. The molecule has 1 aromatic carbocycles. The van der Waals surface area contributed by atoms with Gasteiger partial charge in [-0.1, -0.05) is 34.8 Å². The van der Waals surface area contributed by atoms with Gasteiger partial charge in [0.25, 0.3) is 5.56 Å². The van der Waals surface area contributed by atoms with Gasteiger partial charge in [-0.25, -0.2) is 9.78 Å². The van der Waals surface area contributed by atoms with E-state index in [9.17, 15) is 9.59 Å². The van der Waals surface area contributed by atoms with Crippen molar-refractivity contribution in [3.8, 4) is 0 Å². The van der Waals surface area contributed by atoms with Crippen LogP contribution in [0.3, 0.4) is 0 Å². The van der Waals surface area contributed by atoms with Crippen molar-refractivity contribution in [2.24, 2.45) is 0 Å². The molecular weight excluding hydrogens is 375 g/mol. The van der Waals surface area contributed by atoms with E-state index in [1.807, 2.05) is 0 Å². The van der Waals surface area contributed by atoms with Crippen LogP contribution in [-0.4, -0.2) is 15.4 Å². The van der Waals surface area contributed by atoms with Gasteiger partial charge in [-0.3, -0.25) is 9.20 Å². The van der Waals surface area contributed by atoms with Crippen LogP contribution < -0.4 is 5.56 Å². The first-order chi connectivity index (χ1) is 11.4. The summed E-state index contributed by atoms with van der Waals surface area (Å²) in [7, 11) is 0. The molecule has 0 aliphatic carbocycles. The molecule has 24 heavy (non-hydrogen) atoms. The Kier molecular flexibility index (Phi) is 4.76. The maximum Gasteiger partial charge on any atom is 0.340 e. The highest BCUT2D eigenvalue weighted by atomic mass is 35.5. The number of esters is 1. The molecule has 0 radical (unpaired) electrons. The molecule has 0 aliphatic heterocycles. The van der Waals surface area contributed by atoms with E-state index in [0.717, 1.165) is 0 Å². The molecule has 0 unspecified atom stereocenters. The third-order valence-electron chi connectivity index (χ3n) is 3.18. The molecule has 8 heteroatoms. The van der Waals surface area contributed by atoms with Gasteiger partial charge < -0.3 is 4.74 Å². The van der Waals surface area contributed by atoms with Crippen LogP contribution in [0.2, 0.25) is 15.1 Å². The van der Waals surface area contributed by atoms with E-state index in [1.165, 1.54) is 34.9 Å². The summed E-state index contributed by atoms with van der Waals surface area (Å²) in [6.07, 6.45) is 1.47. The first-order valence-electron chi connectivity index (χ1n) is 6.74. The summed E-state index contributed by atoms with van der Waals surface area (Å²) >= 11 is 17.6. The summed E-state index contributed by atoms with van der Waals surface area (Å²) in [6, 6.07) is 8.95. The second kappa shape index (κ2) is 6.81. The van der Waals surface area contributed by atoms with E-state index in [0.29, 0.717) is 21.4 Å². The minimum Gasteiger partial charge on any atom is -0.456 e. The second-order valence-electron chi connectivity index (χ2n) is 4.86. The number of pyridine rings is 1. The Morgan fingerprint density at radius 1 is 1.08 bits per heavy atom. The van der Waals surface area contributed by atoms with Crippen LogP contribution in [-0.2, 0) is 11.3 Å². The van der Waals surface area contributed by atoms with Gasteiger partial charge in [0.1, 0.15) is 12.3 Å². The van der Waals surface area contributed by atoms with Crippen LogP contribution >= 0.6 is 34.8 Å². The number of halogens is 3. The molecule has 0 N–H and O–H groups in total. The average Bonchev–Trinajstić information content (AvgIpc) is 2.53. The molecule has 0 amide bonds. The van der Waals surface area contributed by atoms with E-state index in [4.69, 9.17) is 39.5 Å². The van der Waals surface area contributed by atoms with Crippen molar-refractivity contribution in [3.05, 3.63) is 79.3 Å². The number of hydrogen-bond acceptors (Lipinski definition) is 4. The number of aromatic nitrogens is 2. The van der Waals surface area contributed by atoms with Crippen LogP contribution in [0.25, 0.3) is 5.65 Å². The molecule has 2 heterocycles. The maximum atomic E-state index is 12.1. The van der Waals surface area contributed by atoms with Crippen LogP contribution in [0, 0.1) is 0 Å². The van der Waals surface area contributed by atoms with Gasteiger partial charge >= 0.3 is 5.97 Å². The minimum atomic E-state index is -0.630. The lowest BCUT2D eigenvalue weighted by molar-refractivity contribution is 0.0468. The number of carbonyl (C=O) groups excluding carboxylic acids is 1. The molecule has 0 bridgehead atoms. The number of fused-ring (bicyclic) bond motifs is 1. The minimum absolute atomic E-state index is 0.161. The number of ether oxygens (including phenoxy) is 1. The van der Waals surface area contributed by atoms with Crippen molar-refractivity contribution in [3.63, 3.8) is 0 Å². The van der Waals surface area contributed by atoms with Gasteiger partial charge in [-0.05, 0) is 30.3 Å². The van der Waals surface area contributed by atoms with Crippen molar-refractivity contribution in [2.75, 3.05) is 0 Å². The topological polar surface area (TPSA) is 60.7 Å². The van der Waals surface area contributed by atoms with E-state index in [2.05, 4.69) is 4.98 Å². The lowest BCUT2D eigenvalue weighted by Crippen LogP contribution is -2.16. The molecule has 3 aromatic rings. The molecule has 5 nitrogen and oxygen atoms in total. The Morgan fingerprint density at radius 2 is 1.83 bits per heavy atom. The highest BCUT2D eigenvalue weighted by molar-refractivity contribution is 6.36.